The van der Waals surface area contributed by atoms with Crippen LogP contribution in [-0.4, -0.2) is 53.7 Å². The van der Waals surface area contributed by atoms with Crippen molar-refractivity contribution >= 4 is 58.2 Å². The fourth-order valence-corrected chi connectivity index (χ4v) is 11.8. The van der Waals surface area contributed by atoms with E-state index < -0.39 is 58.9 Å². The van der Waals surface area contributed by atoms with Gasteiger partial charge in [0.1, 0.15) is 0 Å². The second-order valence-electron chi connectivity index (χ2n) is 13.8. The topological polar surface area (TPSA) is 144 Å². The van der Waals surface area contributed by atoms with Crippen molar-refractivity contribution in [1.29, 1.82) is 0 Å². The number of aromatic nitrogens is 1. The van der Waals surface area contributed by atoms with E-state index in [1.54, 1.807) is 50.2 Å². The molecule has 1 aromatic heterocycles. The molecule has 2 aliphatic carbocycles. The van der Waals surface area contributed by atoms with Gasteiger partial charge in [-0.3, -0.25) is 19.2 Å². The van der Waals surface area contributed by atoms with Gasteiger partial charge in [-0.1, -0.05) is 29.5 Å². The predicted molar refractivity (Wildman–Crippen MR) is 197 cm³/mol. The standard InChI is InChI=1S/C39H34F3N3O8S2/c1-3-51-26-15-19(11-14-25(26)53-17-27(46)43-20-12-9-18(10-13-20)37(49)52-4-2)28-29-21-16-22(32(29)54-34-33(28)55-38(50)44-34)31-30(21)35(47)45(36(31)48)24-8-6-5-7-23(24)39(40,41)42/h5-15,21-22,28-32H,3-4,16-17H2,1-2H3,(H,43,46)(H,44,50)/t21?,22?,28-,29?,30?,31?,32?/m1/s1. The van der Waals surface area contributed by atoms with Crippen LogP contribution in [0.2, 0.25) is 0 Å². The van der Waals surface area contributed by atoms with Crippen molar-refractivity contribution < 1.29 is 46.6 Å². The summed E-state index contributed by atoms with van der Waals surface area (Å²) in [5, 5.41) is 3.21. The van der Waals surface area contributed by atoms with E-state index in [2.05, 4.69) is 10.3 Å². The van der Waals surface area contributed by atoms with Crippen molar-refractivity contribution in [3.8, 4) is 11.5 Å². The van der Waals surface area contributed by atoms with Crippen LogP contribution in [0.25, 0.3) is 0 Å². The fraction of sp³-hybridized carbons (Fsp3) is 0.359. The highest BCUT2D eigenvalue weighted by molar-refractivity contribution is 8.00. The molecule has 7 atom stereocenters. The number of hydrogen-bond acceptors (Lipinski definition) is 10. The summed E-state index contributed by atoms with van der Waals surface area (Å²) in [6.07, 6.45) is -4.21. The first-order valence-corrected chi connectivity index (χ1v) is 19.5. The third kappa shape index (κ3) is 6.38. The normalized spacial score (nSPS) is 25.0. The van der Waals surface area contributed by atoms with E-state index >= 15 is 0 Å². The first kappa shape index (κ1) is 36.9. The van der Waals surface area contributed by atoms with Crippen LogP contribution in [0.5, 0.6) is 11.5 Å². The van der Waals surface area contributed by atoms with Crippen molar-refractivity contribution in [1.82, 2.24) is 4.98 Å². The van der Waals surface area contributed by atoms with Crippen molar-refractivity contribution in [3.05, 3.63) is 98.0 Å². The van der Waals surface area contributed by atoms with Crippen LogP contribution in [0.4, 0.5) is 24.5 Å². The van der Waals surface area contributed by atoms with E-state index in [4.69, 9.17) is 14.2 Å². The third-order valence-corrected chi connectivity index (χ3v) is 13.4. The molecular weight excluding hydrogens is 760 g/mol. The monoisotopic (exact) mass is 793 g/mol. The molecule has 3 heterocycles. The minimum Gasteiger partial charge on any atom is -0.490 e. The van der Waals surface area contributed by atoms with Gasteiger partial charge in [-0.05, 0) is 92.1 Å². The van der Waals surface area contributed by atoms with E-state index in [1.165, 1.54) is 30.0 Å². The summed E-state index contributed by atoms with van der Waals surface area (Å²) >= 11 is 2.54. The number of nitrogens with one attached hydrogen (secondary N) is 2. The number of rotatable bonds is 10. The van der Waals surface area contributed by atoms with Crippen molar-refractivity contribution in [2.24, 2.45) is 29.6 Å². The Morgan fingerprint density at radius 3 is 2.35 bits per heavy atom. The van der Waals surface area contributed by atoms with Gasteiger partial charge >= 0.3 is 17.0 Å². The number of carbonyl (C=O) groups is 4. The number of benzene rings is 3. The molecule has 2 saturated carbocycles. The van der Waals surface area contributed by atoms with Gasteiger partial charge in [-0.15, -0.1) is 11.8 Å². The van der Waals surface area contributed by atoms with Crippen LogP contribution in [0.3, 0.4) is 0 Å². The molecule has 0 radical (unpaired) electrons. The summed E-state index contributed by atoms with van der Waals surface area (Å²) in [7, 11) is 0. The summed E-state index contributed by atoms with van der Waals surface area (Å²) in [6, 6.07) is 16.2. The lowest BCUT2D eigenvalue weighted by Crippen LogP contribution is -2.42. The number of nitrogens with zero attached hydrogens (tertiary/aromatic N) is 1. The van der Waals surface area contributed by atoms with E-state index in [9.17, 15) is 37.1 Å². The number of halogens is 3. The van der Waals surface area contributed by atoms with Gasteiger partial charge < -0.3 is 24.5 Å². The first-order chi connectivity index (χ1) is 26.4. The molecule has 2 bridgehead atoms. The molecule has 0 spiro atoms. The van der Waals surface area contributed by atoms with Gasteiger partial charge in [0, 0.05) is 21.7 Å². The molecule has 4 aromatic rings. The first-order valence-electron chi connectivity index (χ1n) is 17.8. The van der Waals surface area contributed by atoms with Gasteiger partial charge in [-0.25, -0.2) is 9.69 Å². The average molecular weight is 794 g/mol. The summed E-state index contributed by atoms with van der Waals surface area (Å²) in [4.78, 5) is 69.8. The number of carbonyl (C=O) groups excluding carboxylic acids is 4. The zero-order chi connectivity index (χ0) is 38.8. The summed E-state index contributed by atoms with van der Waals surface area (Å²) in [5.74, 6) is -4.31. The molecule has 6 unspecified atom stereocenters. The molecule has 1 saturated heterocycles. The second kappa shape index (κ2) is 14.2. The van der Waals surface area contributed by atoms with Gasteiger partial charge in [0.05, 0.1) is 46.9 Å². The number of fused-ring (bicyclic) bond motifs is 9. The lowest BCUT2D eigenvalue weighted by molar-refractivity contribution is -0.137. The highest BCUT2D eigenvalue weighted by Crippen LogP contribution is 2.69. The number of thiazole rings is 1. The zero-order valence-corrected chi connectivity index (χ0v) is 31.0. The minimum absolute atomic E-state index is 0.190. The molecule has 4 aliphatic rings. The van der Waals surface area contributed by atoms with Gasteiger partial charge in [-0.2, -0.15) is 13.2 Å². The van der Waals surface area contributed by atoms with E-state index in [0.29, 0.717) is 34.2 Å². The number of para-hydroxylation sites is 1. The summed E-state index contributed by atoms with van der Waals surface area (Å²) in [6.45, 7) is 3.67. The van der Waals surface area contributed by atoms with Gasteiger partial charge in [0.25, 0.3) is 5.91 Å². The Labute approximate surface area is 320 Å². The molecule has 3 fully saturated rings. The van der Waals surface area contributed by atoms with E-state index in [0.717, 1.165) is 32.7 Å². The maximum atomic E-state index is 14.1. The molecule has 55 heavy (non-hydrogen) atoms. The number of H-pyrrole nitrogens is 1. The Balaban J connectivity index is 1.06. The molecule has 2 N–H and O–H groups in total. The molecular formula is C39H34F3N3O8S2. The largest absolute Gasteiger partial charge is 0.490 e. The molecule has 11 nitrogen and oxygen atoms in total. The molecule has 3 aromatic carbocycles. The van der Waals surface area contributed by atoms with E-state index in [1.807, 2.05) is 6.07 Å². The highest BCUT2D eigenvalue weighted by atomic mass is 32.2. The number of alkyl halides is 3. The van der Waals surface area contributed by atoms with Crippen molar-refractivity contribution in [2.75, 3.05) is 30.0 Å². The maximum Gasteiger partial charge on any atom is 0.418 e. The number of imide groups is 1. The quantitative estimate of drug-likeness (QED) is 0.132. The van der Waals surface area contributed by atoms with Gasteiger partial charge in [0.2, 0.25) is 11.8 Å². The van der Waals surface area contributed by atoms with Crippen LogP contribution in [0, 0.1) is 29.6 Å². The third-order valence-electron chi connectivity index (χ3n) is 10.8. The Morgan fingerprint density at radius 1 is 0.909 bits per heavy atom. The second-order valence-corrected chi connectivity index (χ2v) is 16.0. The number of amides is 3. The number of ether oxygens (including phenoxy) is 3. The van der Waals surface area contributed by atoms with Gasteiger partial charge in [0.15, 0.2) is 18.1 Å². The zero-order valence-electron chi connectivity index (χ0n) is 29.4. The molecule has 16 heteroatoms. The Kier molecular flexibility index (Phi) is 9.52. The Hall–Kier alpha value is -5.09. The van der Waals surface area contributed by atoms with E-state index in [-0.39, 0.29) is 47.7 Å². The smallest absolute Gasteiger partial charge is 0.418 e. The number of anilines is 2. The molecule has 3 amide bonds. The lowest BCUT2D eigenvalue weighted by atomic mass is 9.68. The highest BCUT2D eigenvalue weighted by Gasteiger charge is 2.70. The Morgan fingerprint density at radius 2 is 1.64 bits per heavy atom. The number of hydrogen-bond donors (Lipinski definition) is 2. The predicted octanol–water partition coefficient (Wildman–Crippen LogP) is 6.73. The number of esters is 1. The van der Waals surface area contributed by atoms with Crippen LogP contribution in [0.15, 0.2) is 76.6 Å². The molecule has 2 aliphatic heterocycles. The number of thioether (sulfide) groups is 1. The maximum absolute atomic E-state index is 14.1. The number of aromatic amines is 1. The summed E-state index contributed by atoms with van der Waals surface area (Å²) < 4.78 is 59.0. The average Bonchev–Trinajstić information content (AvgIpc) is 3.90. The Bertz CT molecular complexity index is 2260. The van der Waals surface area contributed by atoms with Crippen molar-refractivity contribution in [3.63, 3.8) is 0 Å². The van der Waals surface area contributed by atoms with Crippen LogP contribution < -0.4 is 24.6 Å². The van der Waals surface area contributed by atoms with Crippen molar-refractivity contribution in [2.45, 2.75) is 42.6 Å². The molecule has 8 rings (SSSR count). The van der Waals surface area contributed by atoms with Crippen LogP contribution in [-0.2, 0) is 25.3 Å². The molecule has 286 valence electrons. The SMILES string of the molecule is CCOC(=O)c1ccc(NC(=O)COc2ccc([C@H]3c4sc(=O)[nH]c4SC4C5CC(C6C(=O)N(c7ccccc7C(F)(F)F)C(=O)C56)C43)cc2OCC)cc1. The minimum atomic E-state index is -4.76. The van der Waals surface area contributed by atoms with Crippen LogP contribution in [0.1, 0.15) is 52.5 Å². The van der Waals surface area contributed by atoms with Crippen LogP contribution >= 0.6 is 23.1 Å². The fourth-order valence-electron chi connectivity index (χ4n) is 8.89. The lowest BCUT2D eigenvalue weighted by Gasteiger charge is -2.43. The summed E-state index contributed by atoms with van der Waals surface area (Å²) in [5.41, 5.74) is 0.0835.